The lowest BCUT2D eigenvalue weighted by Gasteiger charge is -2.25. The Balaban J connectivity index is 1.86. The van der Waals surface area contributed by atoms with Gasteiger partial charge in [-0.3, -0.25) is 19.5 Å². The Hall–Kier alpha value is -4.05. The molecule has 0 radical (unpaired) electrons. The molecule has 11 heteroatoms. The van der Waals surface area contributed by atoms with Crippen LogP contribution < -0.4 is 14.4 Å². The van der Waals surface area contributed by atoms with E-state index in [4.69, 9.17) is 16.3 Å². The summed E-state index contributed by atoms with van der Waals surface area (Å²) in [5, 5.41) is 11.3. The number of ketones is 1. The summed E-state index contributed by atoms with van der Waals surface area (Å²) in [6, 6.07) is 11.0. The quantitative estimate of drug-likeness (QED) is 0.257. The number of hydrogen-bond acceptors (Lipinski definition) is 6. The van der Waals surface area contributed by atoms with Gasteiger partial charge in [-0.05, 0) is 61.0 Å². The lowest BCUT2D eigenvalue weighted by atomic mass is 9.96. The topological polar surface area (TPSA) is 89.0 Å². The Bertz CT molecular complexity index is 1330. The van der Waals surface area contributed by atoms with Gasteiger partial charge in [-0.1, -0.05) is 17.7 Å². The summed E-state index contributed by atoms with van der Waals surface area (Å²) >= 11 is 6.29. The van der Waals surface area contributed by atoms with Crippen molar-refractivity contribution in [3.05, 3.63) is 88.7 Å². The first kappa shape index (κ1) is 25.1. The molecular weight excluding hydrogens is 501 g/mol. The van der Waals surface area contributed by atoms with Crippen molar-refractivity contribution in [2.24, 2.45) is 0 Å². The summed E-state index contributed by atoms with van der Waals surface area (Å²) < 4.78 is 47.0. The molecule has 4 rings (SSSR count). The highest BCUT2D eigenvalue weighted by Gasteiger charge is 2.47. The van der Waals surface area contributed by atoms with E-state index in [1.165, 1.54) is 36.7 Å². The zero-order valence-electron chi connectivity index (χ0n) is 18.6. The number of pyridine rings is 1. The van der Waals surface area contributed by atoms with Gasteiger partial charge in [0.05, 0.1) is 23.2 Å². The van der Waals surface area contributed by atoms with Crippen LogP contribution >= 0.6 is 11.6 Å². The molecule has 3 aromatic rings. The molecule has 1 N–H and O–H groups in total. The van der Waals surface area contributed by atoms with Crippen LogP contribution in [0.4, 0.5) is 18.9 Å². The highest BCUT2D eigenvalue weighted by atomic mass is 35.5. The predicted molar refractivity (Wildman–Crippen MR) is 125 cm³/mol. The number of Topliss-reactive ketones (excluding diaryl/α,β-unsaturated/α-hetero) is 1. The number of halogens is 4. The maximum Gasteiger partial charge on any atom is 0.573 e. The predicted octanol–water partition coefficient (Wildman–Crippen LogP) is 5.66. The van der Waals surface area contributed by atoms with Crippen molar-refractivity contribution in [1.29, 1.82) is 0 Å². The summed E-state index contributed by atoms with van der Waals surface area (Å²) in [6.45, 7) is 2.11. The molecule has 2 aromatic carbocycles. The SMILES string of the molecule is CCOc1ccc(Cl)c(/C(O)=C2\C(=O)C(=O)N(c3ccc(OC(F)(F)F)cc3)C2c2cccnc2)c1. The van der Waals surface area contributed by atoms with Crippen molar-refractivity contribution in [3.63, 3.8) is 0 Å². The number of aliphatic hydroxyl groups excluding tert-OH is 1. The molecule has 2 heterocycles. The van der Waals surface area contributed by atoms with Gasteiger partial charge in [-0.25, -0.2) is 0 Å². The number of alkyl halides is 3. The van der Waals surface area contributed by atoms with Gasteiger partial charge in [0.1, 0.15) is 17.3 Å². The van der Waals surface area contributed by atoms with Crippen molar-refractivity contribution in [2.75, 3.05) is 11.5 Å². The van der Waals surface area contributed by atoms with E-state index in [0.29, 0.717) is 17.9 Å². The Kier molecular flexibility index (Phi) is 6.89. The number of anilines is 1. The second kappa shape index (κ2) is 9.90. The van der Waals surface area contributed by atoms with Crippen molar-refractivity contribution in [2.45, 2.75) is 19.3 Å². The lowest BCUT2D eigenvalue weighted by molar-refractivity contribution is -0.274. The standard InChI is InChI=1S/C25H18ClF3N2O5/c1-2-35-17-9-10-19(26)18(12-17)22(32)20-21(14-4-3-11-30-13-14)31(24(34)23(20)33)15-5-7-16(8-6-15)36-25(27,28)29/h3-13,21,32H,2H2,1H3/b22-20+. The van der Waals surface area contributed by atoms with Crippen LogP contribution in [0.3, 0.4) is 0 Å². The van der Waals surface area contributed by atoms with Crippen LogP contribution in [0.25, 0.3) is 5.76 Å². The molecule has 1 saturated heterocycles. The highest BCUT2D eigenvalue weighted by molar-refractivity contribution is 6.52. The van der Waals surface area contributed by atoms with Crippen LogP contribution in [0.2, 0.25) is 5.02 Å². The third-order valence-corrected chi connectivity index (χ3v) is 5.63. The molecule has 1 amide bonds. The van der Waals surface area contributed by atoms with Crippen LogP contribution in [0.5, 0.6) is 11.5 Å². The summed E-state index contributed by atoms with van der Waals surface area (Å²) in [5.74, 6) is -2.65. The van der Waals surface area contributed by atoms with Gasteiger partial charge in [-0.15, -0.1) is 13.2 Å². The molecule has 1 aliphatic heterocycles. The summed E-state index contributed by atoms with van der Waals surface area (Å²) in [6.07, 6.45) is -1.99. The number of amides is 1. The number of carbonyl (C=O) groups excluding carboxylic acids is 2. The number of carbonyl (C=O) groups is 2. The second-order valence-electron chi connectivity index (χ2n) is 7.57. The Morgan fingerprint density at radius 2 is 1.81 bits per heavy atom. The average Bonchev–Trinajstić information content (AvgIpc) is 3.10. The minimum atomic E-state index is -4.89. The van der Waals surface area contributed by atoms with E-state index in [9.17, 15) is 27.9 Å². The minimum absolute atomic E-state index is 0.0726. The third kappa shape index (κ3) is 4.99. The molecule has 7 nitrogen and oxygen atoms in total. The number of nitrogens with zero attached hydrogens (tertiary/aromatic N) is 2. The van der Waals surface area contributed by atoms with Crippen LogP contribution in [0.15, 0.2) is 72.6 Å². The number of aromatic nitrogens is 1. The Morgan fingerprint density at radius 3 is 2.42 bits per heavy atom. The lowest BCUT2D eigenvalue weighted by Crippen LogP contribution is -2.29. The van der Waals surface area contributed by atoms with E-state index < -0.39 is 35.6 Å². The number of benzene rings is 2. The Labute approximate surface area is 208 Å². The van der Waals surface area contributed by atoms with Gasteiger partial charge in [0.2, 0.25) is 0 Å². The maximum atomic E-state index is 13.2. The molecule has 1 aromatic heterocycles. The molecular formula is C25H18ClF3N2O5. The largest absolute Gasteiger partial charge is 0.573 e. The molecule has 1 fully saturated rings. The number of rotatable bonds is 6. The van der Waals surface area contributed by atoms with E-state index in [1.54, 1.807) is 25.1 Å². The van der Waals surface area contributed by atoms with Crippen molar-refractivity contribution in [1.82, 2.24) is 4.98 Å². The molecule has 1 unspecified atom stereocenters. The van der Waals surface area contributed by atoms with Crippen LogP contribution in [0, 0.1) is 0 Å². The smallest absolute Gasteiger partial charge is 0.507 e. The first-order chi connectivity index (χ1) is 17.1. The first-order valence-electron chi connectivity index (χ1n) is 10.6. The van der Waals surface area contributed by atoms with Gasteiger partial charge in [0, 0.05) is 23.6 Å². The molecule has 1 aliphatic rings. The fraction of sp³-hybridized carbons (Fsp3) is 0.160. The first-order valence-corrected chi connectivity index (χ1v) is 11.0. The normalized spacial score (nSPS) is 17.4. The van der Waals surface area contributed by atoms with Gasteiger partial charge >= 0.3 is 6.36 Å². The van der Waals surface area contributed by atoms with Gasteiger partial charge in [0.15, 0.2) is 0 Å². The average molecular weight is 519 g/mol. The molecule has 0 bridgehead atoms. The van der Waals surface area contributed by atoms with Crippen molar-refractivity contribution < 1.29 is 37.3 Å². The monoisotopic (exact) mass is 518 g/mol. The zero-order valence-corrected chi connectivity index (χ0v) is 19.4. The van der Waals surface area contributed by atoms with E-state index in [0.717, 1.165) is 17.0 Å². The zero-order chi connectivity index (χ0) is 26.0. The molecule has 186 valence electrons. The molecule has 36 heavy (non-hydrogen) atoms. The number of ether oxygens (including phenoxy) is 2. The van der Waals surface area contributed by atoms with E-state index >= 15 is 0 Å². The highest BCUT2D eigenvalue weighted by Crippen LogP contribution is 2.43. The molecule has 0 spiro atoms. The molecule has 1 atom stereocenters. The molecule has 0 saturated carbocycles. The third-order valence-electron chi connectivity index (χ3n) is 5.30. The van der Waals surface area contributed by atoms with Gasteiger partial charge in [0.25, 0.3) is 11.7 Å². The number of hydrogen-bond donors (Lipinski definition) is 1. The summed E-state index contributed by atoms with van der Waals surface area (Å²) in [7, 11) is 0. The van der Waals surface area contributed by atoms with Crippen LogP contribution in [-0.2, 0) is 9.59 Å². The van der Waals surface area contributed by atoms with Crippen molar-refractivity contribution in [3.8, 4) is 11.5 Å². The van der Waals surface area contributed by atoms with Gasteiger partial charge < -0.3 is 14.6 Å². The van der Waals surface area contributed by atoms with Crippen molar-refractivity contribution >= 4 is 34.7 Å². The van der Waals surface area contributed by atoms with Gasteiger partial charge in [-0.2, -0.15) is 0 Å². The molecule has 0 aliphatic carbocycles. The fourth-order valence-electron chi connectivity index (χ4n) is 3.85. The summed E-state index contributed by atoms with van der Waals surface area (Å²) in [4.78, 5) is 31.4. The second-order valence-corrected chi connectivity index (χ2v) is 7.98. The van der Waals surface area contributed by atoms with E-state index in [2.05, 4.69) is 9.72 Å². The summed E-state index contributed by atoms with van der Waals surface area (Å²) in [5.41, 5.74) is 0.294. The fourth-order valence-corrected chi connectivity index (χ4v) is 4.05. The van der Waals surface area contributed by atoms with E-state index in [-0.39, 0.29) is 21.8 Å². The Morgan fingerprint density at radius 1 is 1.11 bits per heavy atom. The number of aliphatic hydroxyl groups is 1. The van der Waals surface area contributed by atoms with E-state index in [1.807, 2.05) is 0 Å². The maximum absolute atomic E-state index is 13.2. The van der Waals surface area contributed by atoms with Crippen LogP contribution in [-0.4, -0.2) is 34.8 Å². The van der Waals surface area contributed by atoms with Crippen LogP contribution in [0.1, 0.15) is 24.1 Å². The minimum Gasteiger partial charge on any atom is -0.507 e.